The van der Waals surface area contributed by atoms with Gasteiger partial charge in [0.1, 0.15) is 5.75 Å². The number of carbonyl (C=O) groups is 1. The van der Waals surface area contributed by atoms with E-state index in [2.05, 4.69) is 17.6 Å². The van der Waals surface area contributed by atoms with Gasteiger partial charge in [-0.15, -0.1) is 0 Å². The number of ether oxygens (including phenoxy) is 1. The lowest BCUT2D eigenvalue weighted by Gasteiger charge is -2.29. The van der Waals surface area contributed by atoms with Gasteiger partial charge in [0, 0.05) is 18.8 Å². The number of carbonyl (C=O) groups excluding carboxylic acids is 1. The molecule has 3 rings (SSSR count). The van der Waals surface area contributed by atoms with Crippen molar-refractivity contribution in [1.29, 1.82) is 0 Å². The fourth-order valence-corrected chi connectivity index (χ4v) is 5.09. The minimum atomic E-state index is -3.51. The van der Waals surface area contributed by atoms with Crippen LogP contribution in [-0.4, -0.2) is 43.4 Å². The number of amides is 1. The Labute approximate surface area is 195 Å². The van der Waals surface area contributed by atoms with Gasteiger partial charge in [-0.2, -0.15) is 4.31 Å². The second-order valence-corrected chi connectivity index (χ2v) is 10.2. The average molecular weight is 476 g/mol. The van der Waals surface area contributed by atoms with Crippen molar-refractivity contribution in [3.63, 3.8) is 0 Å². The number of sulfonamides is 1. The maximum absolute atomic E-state index is 12.8. The fourth-order valence-electron chi connectivity index (χ4n) is 3.41. The number of anilines is 1. The Morgan fingerprint density at radius 2 is 1.78 bits per heavy atom. The van der Waals surface area contributed by atoms with Crippen molar-refractivity contribution < 1.29 is 17.9 Å². The van der Waals surface area contributed by atoms with Crippen LogP contribution in [0.4, 0.5) is 5.69 Å². The molecule has 0 bridgehead atoms. The summed E-state index contributed by atoms with van der Waals surface area (Å²) in [5.74, 6) is 0.665. The molecule has 9 heteroatoms. The first kappa shape index (κ1) is 24.2. The number of piperidine rings is 1. The third-order valence-corrected chi connectivity index (χ3v) is 7.43. The molecule has 0 aliphatic carbocycles. The van der Waals surface area contributed by atoms with E-state index in [4.69, 9.17) is 17.0 Å². The predicted molar refractivity (Wildman–Crippen MR) is 130 cm³/mol. The molecular weight excluding hydrogens is 446 g/mol. The largest absolute Gasteiger partial charge is 0.493 e. The highest BCUT2D eigenvalue weighted by atomic mass is 32.2. The molecule has 2 N–H and O–H groups in total. The molecule has 0 radical (unpaired) electrons. The molecule has 32 heavy (non-hydrogen) atoms. The molecule has 0 unspecified atom stereocenters. The molecule has 7 nitrogen and oxygen atoms in total. The molecule has 1 saturated heterocycles. The standard InChI is InChI=1S/C23H29N3O4S2/c1-3-16-30-21-7-5-4-6-20(21)22(27)25-23(31)24-18-8-10-19(11-9-18)32(28,29)26-14-12-17(2)13-15-26/h4-11,17H,3,12-16H2,1-2H3,(H2,24,25,27,31). The van der Waals surface area contributed by atoms with Gasteiger partial charge in [0.15, 0.2) is 5.11 Å². The van der Waals surface area contributed by atoms with Crippen LogP contribution in [0, 0.1) is 5.92 Å². The van der Waals surface area contributed by atoms with Gasteiger partial charge < -0.3 is 10.1 Å². The Balaban J connectivity index is 1.61. The van der Waals surface area contributed by atoms with E-state index in [0.717, 1.165) is 19.3 Å². The summed E-state index contributed by atoms with van der Waals surface area (Å²) < 4.78 is 32.9. The molecular formula is C23H29N3O4S2. The number of para-hydroxylation sites is 1. The summed E-state index contributed by atoms with van der Waals surface area (Å²) in [5, 5.41) is 5.67. The van der Waals surface area contributed by atoms with Crippen molar-refractivity contribution in [3.8, 4) is 5.75 Å². The normalized spacial score (nSPS) is 15.2. The third-order valence-electron chi connectivity index (χ3n) is 5.31. The summed E-state index contributed by atoms with van der Waals surface area (Å²) in [6, 6.07) is 13.3. The summed E-state index contributed by atoms with van der Waals surface area (Å²) in [7, 11) is -3.51. The zero-order valence-electron chi connectivity index (χ0n) is 18.3. The molecule has 2 aromatic carbocycles. The maximum atomic E-state index is 12.8. The van der Waals surface area contributed by atoms with Crippen molar-refractivity contribution >= 4 is 38.9 Å². The van der Waals surface area contributed by atoms with E-state index in [-0.39, 0.29) is 15.9 Å². The van der Waals surface area contributed by atoms with Crippen molar-refractivity contribution in [2.45, 2.75) is 38.0 Å². The number of rotatable bonds is 7. The SMILES string of the molecule is CCCOc1ccccc1C(=O)NC(=S)Nc1ccc(S(=O)(=O)N2CCC(C)CC2)cc1. The van der Waals surface area contributed by atoms with Crippen LogP contribution in [-0.2, 0) is 10.0 Å². The second-order valence-electron chi connectivity index (χ2n) is 7.86. The first-order valence-corrected chi connectivity index (χ1v) is 12.6. The van der Waals surface area contributed by atoms with E-state index in [0.29, 0.717) is 42.6 Å². The lowest BCUT2D eigenvalue weighted by atomic mass is 10.0. The molecule has 0 aromatic heterocycles. The molecule has 1 heterocycles. The molecule has 172 valence electrons. The molecule has 0 spiro atoms. The number of hydrogen-bond donors (Lipinski definition) is 2. The van der Waals surface area contributed by atoms with E-state index in [1.165, 1.54) is 0 Å². The summed E-state index contributed by atoms with van der Waals surface area (Å²) in [4.78, 5) is 12.9. The van der Waals surface area contributed by atoms with Gasteiger partial charge >= 0.3 is 0 Å². The number of hydrogen-bond acceptors (Lipinski definition) is 5. The predicted octanol–water partition coefficient (Wildman–Crippen LogP) is 4.02. The number of nitrogens with one attached hydrogen (secondary N) is 2. The Morgan fingerprint density at radius 1 is 1.12 bits per heavy atom. The van der Waals surface area contributed by atoms with Crippen LogP contribution in [0.3, 0.4) is 0 Å². The Kier molecular flexibility index (Phi) is 8.22. The van der Waals surface area contributed by atoms with Crippen LogP contribution >= 0.6 is 12.2 Å². The van der Waals surface area contributed by atoms with E-state index in [1.54, 1.807) is 52.8 Å². The van der Waals surface area contributed by atoms with Crippen LogP contribution < -0.4 is 15.4 Å². The summed E-state index contributed by atoms with van der Waals surface area (Å²) >= 11 is 5.25. The molecule has 0 saturated carbocycles. The quantitative estimate of drug-likeness (QED) is 0.588. The van der Waals surface area contributed by atoms with Gasteiger partial charge in [0.2, 0.25) is 10.0 Å². The molecule has 1 amide bonds. The van der Waals surface area contributed by atoms with Gasteiger partial charge in [-0.25, -0.2) is 8.42 Å². The van der Waals surface area contributed by atoms with Crippen LogP contribution in [0.15, 0.2) is 53.4 Å². The van der Waals surface area contributed by atoms with E-state index in [1.807, 2.05) is 6.92 Å². The topological polar surface area (TPSA) is 87.7 Å². The molecule has 1 aliphatic rings. The van der Waals surface area contributed by atoms with Gasteiger partial charge in [-0.1, -0.05) is 26.0 Å². The smallest absolute Gasteiger partial charge is 0.261 e. The fraction of sp³-hybridized carbons (Fsp3) is 0.391. The Hall–Kier alpha value is -2.49. The minimum Gasteiger partial charge on any atom is -0.493 e. The van der Waals surface area contributed by atoms with Crippen molar-refractivity contribution in [2.75, 3.05) is 25.0 Å². The number of thiocarbonyl (C=S) groups is 1. The van der Waals surface area contributed by atoms with Gasteiger partial charge in [-0.3, -0.25) is 10.1 Å². The molecule has 1 fully saturated rings. The Bertz CT molecular complexity index is 1050. The highest BCUT2D eigenvalue weighted by Gasteiger charge is 2.27. The van der Waals surface area contributed by atoms with Crippen LogP contribution in [0.1, 0.15) is 43.5 Å². The van der Waals surface area contributed by atoms with Crippen molar-refractivity contribution in [1.82, 2.24) is 9.62 Å². The highest BCUT2D eigenvalue weighted by molar-refractivity contribution is 7.89. The number of nitrogens with zero attached hydrogens (tertiary/aromatic N) is 1. The van der Waals surface area contributed by atoms with Gasteiger partial charge in [0.05, 0.1) is 17.1 Å². The first-order valence-electron chi connectivity index (χ1n) is 10.8. The van der Waals surface area contributed by atoms with Crippen LogP contribution in [0.5, 0.6) is 5.75 Å². The van der Waals surface area contributed by atoms with Crippen LogP contribution in [0.25, 0.3) is 0 Å². The van der Waals surface area contributed by atoms with Crippen LogP contribution in [0.2, 0.25) is 0 Å². The van der Waals surface area contributed by atoms with Crippen molar-refractivity contribution in [3.05, 3.63) is 54.1 Å². The summed E-state index contributed by atoms with van der Waals surface area (Å²) in [6.45, 7) is 5.74. The second kappa shape index (κ2) is 10.9. The summed E-state index contributed by atoms with van der Waals surface area (Å²) in [6.07, 6.45) is 2.58. The monoisotopic (exact) mass is 475 g/mol. The summed E-state index contributed by atoms with van der Waals surface area (Å²) in [5.41, 5.74) is 0.972. The Morgan fingerprint density at radius 3 is 2.44 bits per heavy atom. The van der Waals surface area contributed by atoms with Gasteiger partial charge in [0.25, 0.3) is 5.91 Å². The lowest BCUT2D eigenvalue weighted by Crippen LogP contribution is -2.37. The zero-order chi connectivity index (χ0) is 23.1. The molecule has 0 atom stereocenters. The van der Waals surface area contributed by atoms with Gasteiger partial charge in [-0.05, 0) is 73.8 Å². The minimum absolute atomic E-state index is 0.112. The first-order chi connectivity index (χ1) is 15.3. The third kappa shape index (κ3) is 6.05. The number of benzene rings is 2. The van der Waals surface area contributed by atoms with Crippen molar-refractivity contribution in [2.24, 2.45) is 5.92 Å². The van der Waals surface area contributed by atoms with E-state index in [9.17, 15) is 13.2 Å². The molecule has 2 aromatic rings. The average Bonchev–Trinajstić information content (AvgIpc) is 2.78. The maximum Gasteiger partial charge on any atom is 0.261 e. The van der Waals surface area contributed by atoms with E-state index >= 15 is 0 Å². The zero-order valence-corrected chi connectivity index (χ0v) is 20.0. The molecule has 1 aliphatic heterocycles. The lowest BCUT2D eigenvalue weighted by molar-refractivity contribution is 0.0973. The highest BCUT2D eigenvalue weighted by Crippen LogP contribution is 2.24. The van der Waals surface area contributed by atoms with E-state index < -0.39 is 10.0 Å².